The Balaban J connectivity index is 2.01. The van der Waals surface area contributed by atoms with Crippen molar-refractivity contribution in [2.45, 2.75) is 6.92 Å². The number of aliphatic imine (C=N–C) groups is 1. The summed E-state index contributed by atoms with van der Waals surface area (Å²) in [6.07, 6.45) is 1.51. The number of cyclic esters (lactones) is 1. The highest BCUT2D eigenvalue weighted by atomic mass is 16.6. The molecule has 27 heavy (non-hydrogen) atoms. The number of aryl methyl sites for hydroxylation is 1. The number of ether oxygens (including phenoxy) is 3. The Bertz CT molecular complexity index is 994. The second kappa shape index (κ2) is 7.28. The second-order valence-corrected chi connectivity index (χ2v) is 5.70. The van der Waals surface area contributed by atoms with E-state index < -0.39 is 10.9 Å². The largest absolute Gasteiger partial charge is 0.497 e. The maximum absolute atomic E-state index is 12.2. The molecule has 0 amide bonds. The van der Waals surface area contributed by atoms with Crippen molar-refractivity contribution >= 4 is 23.6 Å². The minimum atomic E-state index is -0.655. The number of hydrogen-bond acceptors (Lipinski definition) is 7. The third-order valence-electron chi connectivity index (χ3n) is 4.00. The molecule has 1 heterocycles. The molecule has 3 rings (SSSR count). The van der Waals surface area contributed by atoms with E-state index in [-0.39, 0.29) is 17.3 Å². The summed E-state index contributed by atoms with van der Waals surface area (Å²) < 4.78 is 15.6. The van der Waals surface area contributed by atoms with Gasteiger partial charge in [-0.2, -0.15) is 0 Å². The number of esters is 1. The summed E-state index contributed by atoms with van der Waals surface area (Å²) in [5, 5.41) is 11.1. The number of methoxy groups -OCH3 is 2. The van der Waals surface area contributed by atoms with Crippen LogP contribution in [0.4, 0.5) is 5.69 Å². The first-order chi connectivity index (χ1) is 12.9. The molecule has 0 radical (unpaired) electrons. The predicted octanol–water partition coefficient (Wildman–Crippen LogP) is 3.26. The molecule has 1 aliphatic heterocycles. The van der Waals surface area contributed by atoms with E-state index >= 15 is 0 Å². The molecule has 0 aliphatic carbocycles. The summed E-state index contributed by atoms with van der Waals surface area (Å²) in [4.78, 5) is 27.0. The molecule has 8 heteroatoms. The zero-order valence-corrected chi connectivity index (χ0v) is 14.9. The van der Waals surface area contributed by atoms with Crippen molar-refractivity contribution in [3.05, 3.63) is 68.9 Å². The van der Waals surface area contributed by atoms with Crippen molar-refractivity contribution in [3.63, 3.8) is 0 Å². The average molecular weight is 368 g/mol. The van der Waals surface area contributed by atoms with Gasteiger partial charge in [0.15, 0.2) is 5.70 Å². The Hall–Kier alpha value is -3.68. The van der Waals surface area contributed by atoms with Crippen LogP contribution in [0.5, 0.6) is 11.5 Å². The lowest BCUT2D eigenvalue weighted by Gasteiger charge is -2.07. The zero-order valence-electron chi connectivity index (χ0n) is 14.9. The van der Waals surface area contributed by atoms with Crippen LogP contribution in [0.1, 0.15) is 16.7 Å². The molecule has 8 nitrogen and oxygen atoms in total. The van der Waals surface area contributed by atoms with Crippen LogP contribution in [-0.4, -0.2) is 31.0 Å². The van der Waals surface area contributed by atoms with Gasteiger partial charge in [0, 0.05) is 22.8 Å². The Morgan fingerprint density at radius 2 is 1.93 bits per heavy atom. The van der Waals surface area contributed by atoms with Crippen molar-refractivity contribution in [1.29, 1.82) is 0 Å². The number of nitro benzene ring substituents is 1. The molecule has 1 aliphatic rings. The van der Waals surface area contributed by atoms with Gasteiger partial charge in [-0.25, -0.2) is 9.79 Å². The summed E-state index contributed by atoms with van der Waals surface area (Å²) in [6, 6.07) is 9.66. The predicted molar refractivity (Wildman–Crippen MR) is 98.0 cm³/mol. The van der Waals surface area contributed by atoms with Crippen molar-refractivity contribution in [3.8, 4) is 11.5 Å². The highest BCUT2D eigenvalue weighted by Crippen LogP contribution is 2.29. The van der Waals surface area contributed by atoms with E-state index in [0.29, 0.717) is 28.2 Å². The van der Waals surface area contributed by atoms with E-state index in [0.717, 1.165) is 0 Å². The lowest BCUT2D eigenvalue weighted by Crippen LogP contribution is -2.06. The Kier molecular flexibility index (Phi) is 4.89. The maximum Gasteiger partial charge on any atom is 0.363 e. The molecule has 0 fully saturated rings. The Morgan fingerprint density at radius 1 is 1.15 bits per heavy atom. The zero-order chi connectivity index (χ0) is 19.6. The number of nitro groups is 1. The van der Waals surface area contributed by atoms with Gasteiger partial charge in [-0.05, 0) is 37.3 Å². The van der Waals surface area contributed by atoms with E-state index in [4.69, 9.17) is 14.2 Å². The summed E-state index contributed by atoms with van der Waals surface area (Å²) in [5.74, 6) is 0.479. The van der Waals surface area contributed by atoms with Crippen LogP contribution in [0.3, 0.4) is 0 Å². The monoisotopic (exact) mass is 368 g/mol. The lowest BCUT2D eigenvalue weighted by molar-refractivity contribution is -0.385. The normalized spacial score (nSPS) is 14.7. The van der Waals surface area contributed by atoms with Crippen LogP contribution in [-0.2, 0) is 9.53 Å². The van der Waals surface area contributed by atoms with Gasteiger partial charge in [0.2, 0.25) is 5.90 Å². The van der Waals surface area contributed by atoms with Gasteiger partial charge in [-0.15, -0.1) is 0 Å². The molecule has 0 saturated carbocycles. The molecular formula is C19H16N2O6. The van der Waals surface area contributed by atoms with Gasteiger partial charge in [0.1, 0.15) is 11.5 Å². The highest BCUT2D eigenvalue weighted by molar-refractivity contribution is 6.13. The van der Waals surface area contributed by atoms with Crippen molar-refractivity contribution in [2.24, 2.45) is 4.99 Å². The first-order valence-corrected chi connectivity index (χ1v) is 7.93. The van der Waals surface area contributed by atoms with Gasteiger partial charge >= 0.3 is 5.97 Å². The average Bonchev–Trinajstić information content (AvgIpc) is 3.02. The smallest absolute Gasteiger partial charge is 0.363 e. The quantitative estimate of drug-likeness (QED) is 0.347. The molecule has 0 spiro atoms. The molecule has 0 atom stereocenters. The summed E-state index contributed by atoms with van der Waals surface area (Å²) in [7, 11) is 3.04. The SMILES string of the molecule is COc1ccc(OC)c(C=C2N=C(c3ccc(C)c([N+](=O)[O-])c3)OC2=O)c1. The van der Waals surface area contributed by atoms with Crippen LogP contribution < -0.4 is 9.47 Å². The number of rotatable bonds is 5. The molecule has 2 aromatic carbocycles. The molecule has 0 saturated heterocycles. The van der Waals surface area contributed by atoms with Gasteiger partial charge in [-0.3, -0.25) is 10.1 Å². The fraction of sp³-hybridized carbons (Fsp3) is 0.158. The molecular weight excluding hydrogens is 352 g/mol. The first kappa shape index (κ1) is 18.1. The number of hydrogen-bond donors (Lipinski definition) is 0. The fourth-order valence-corrected chi connectivity index (χ4v) is 2.57. The summed E-state index contributed by atoms with van der Waals surface area (Å²) in [5.41, 5.74) is 1.42. The summed E-state index contributed by atoms with van der Waals surface area (Å²) in [6.45, 7) is 1.63. The molecule has 138 valence electrons. The lowest BCUT2D eigenvalue weighted by atomic mass is 10.1. The summed E-state index contributed by atoms with van der Waals surface area (Å²) >= 11 is 0. The first-order valence-electron chi connectivity index (χ1n) is 7.93. The molecule has 0 aromatic heterocycles. The van der Waals surface area contributed by atoms with E-state index in [1.54, 1.807) is 37.3 Å². The van der Waals surface area contributed by atoms with E-state index in [9.17, 15) is 14.9 Å². The third kappa shape index (κ3) is 3.64. The van der Waals surface area contributed by atoms with Crippen LogP contribution in [0, 0.1) is 17.0 Å². The Morgan fingerprint density at radius 3 is 2.59 bits per heavy atom. The minimum Gasteiger partial charge on any atom is -0.497 e. The van der Waals surface area contributed by atoms with Crippen molar-refractivity contribution < 1.29 is 23.9 Å². The van der Waals surface area contributed by atoms with Crippen LogP contribution in [0.2, 0.25) is 0 Å². The highest BCUT2D eigenvalue weighted by Gasteiger charge is 2.26. The molecule has 0 unspecified atom stereocenters. The fourth-order valence-electron chi connectivity index (χ4n) is 2.57. The van der Waals surface area contributed by atoms with Crippen LogP contribution >= 0.6 is 0 Å². The standard InChI is InChI=1S/C19H16N2O6/c1-11-4-5-12(10-16(11)21(23)24)18-20-15(19(22)27-18)9-13-8-14(25-2)6-7-17(13)26-3/h4-10H,1-3H3. The van der Waals surface area contributed by atoms with Gasteiger partial charge in [-0.1, -0.05) is 6.07 Å². The topological polar surface area (TPSA) is 100 Å². The van der Waals surface area contributed by atoms with Gasteiger partial charge in [0.05, 0.1) is 19.1 Å². The third-order valence-corrected chi connectivity index (χ3v) is 4.00. The Labute approximate surface area is 154 Å². The van der Waals surface area contributed by atoms with Crippen LogP contribution in [0.25, 0.3) is 6.08 Å². The molecule has 0 bridgehead atoms. The van der Waals surface area contributed by atoms with Gasteiger partial charge in [0.25, 0.3) is 5.69 Å². The number of nitrogens with zero attached hydrogens (tertiary/aromatic N) is 2. The van der Waals surface area contributed by atoms with E-state index in [2.05, 4.69) is 4.99 Å². The minimum absolute atomic E-state index is 0.0104. The molecule has 0 N–H and O–H groups in total. The maximum atomic E-state index is 12.2. The van der Waals surface area contributed by atoms with Crippen molar-refractivity contribution in [1.82, 2.24) is 0 Å². The van der Waals surface area contributed by atoms with Crippen LogP contribution in [0.15, 0.2) is 47.1 Å². The van der Waals surface area contributed by atoms with Crippen molar-refractivity contribution in [2.75, 3.05) is 14.2 Å². The number of carbonyl (C=O) groups excluding carboxylic acids is 1. The van der Waals surface area contributed by atoms with E-state index in [1.807, 2.05) is 0 Å². The van der Waals surface area contributed by atoms with Gasteiger partial charge < -0.3 is 14.2 Å². The number of carbonyl (C=O) groups is 1. The number of benzene rings is 2. The van der Waals surface area contributed by atoms with E-state index in [1.165, 1.54) is 26.4 Å². The molecule has 2 aromatic rings. The second-order valence-electron chi connectivity index (χ2n) is 5.70.